The Morgan fingerprint density at radius 1 is 1.14 bits per heavy atom. The Kier molecular flexibility index (Phi) is 5.05. The van der Waals surface area contributed by atoms with Crippen molar-refractivity contribution in [3.8, 4) is 17.3 Å². The first-order chi connectivity index (χ1) is 13.4. The minimum atomic E-state index is 0.0961. The van der Waals surface area contributed by atoms with Gasteiger partial charge in [-0.2, -0.15) is 5.10 Å². The summed E-state index contributed by atoms with van der Waals surface area (Å²) in [6.07, 6.45) is 2.14. The number of halogens is 1. The summed E-state index contributed by atoms with van der Waals surface area (Å²) < 4.78 is 8.11. The predicted octanol–water partition coefficient (Wildman–Crippen LogP) is 4.17. The zero-order valence-electron chi connectivity index (χ0n) is 16.1. The van der Waals surface area contributed by atoms with Crippen LogP contribution < -0.4 is 0 Å². The molecule has 0 spiro atoms. The van der Waals surface area contributed by atoms with Crippen LogP contribution in [-0.2, 0) is 0 Å². The molecule has 0 N–H and O–H groups in total. The smallest absolute Gasteiger partial charge is 0.269 e. The number of likely N-dealkylation sites (tertiary alicyclic amines) is 1. The normalized spacial score (nSPS) is 15.2. The van der Waals surface area contributed by atoms with Gasteiger partial charge in [0.05, 0.1) is 15.9 Å². The fourth-order valence-corrected chi connectivity index (χ4v) is 3.82. The summed E-state index contributed by atoms with van der Waals surface area (Å²) in [5.74, 6) is 1.66. The van der Waals surface area contributed by atoms with Crippen LogP contribution in [0.4, 0.5) is 0 Å². The van der Waals surface area contributed by atoms with Gasteiger partial charge < -0.3 is 9.32 Å². The number of amides is 1. The number of aromatic nitrogens is 4. The highest BCUT2D eigenvalue weighted by Crippen LogP contribution is 2.31. The molecule has 0 bridgehead atoms. The average molecular weight is 444 g/mol. The average Bonchev–Trinajstić information content (AvgIpc) is 3.26. The monoisotopic (exact) mass is 443 g/mol. The number of carbonyl (C=O) groups excluding carboxylic acids is 1. The molecule has 3 heterocycles. The lowest BCUT2D eigenvalue weighted by molar-refractivity contribution is 0.0697. The molecule has 0 atom stereocenters. The molecule has 1 aliphatic heterocycles. The fourth-order valence-electron chi connectivity index (χ4n) is 3.40. The lowest BCUT2D eigenvalue weighted by atomic mass is 9.98. The number of piperidine rings is 1. The van der Waals surface area contributed by atoms with E-state index in [0.29, 0.717) is 29.0 Å². The fraction of sp³-hybridized carbons (Fsp3) is 0.400. The second-order valence-corrected chi connectivity index (χ2v) is 8.10. The topological polar surface area (TPSA) is 77.1 Å². The number of rotatable bonds is 3. The van der Waals surface area contributed by atoms with E-state index < -0.39 is 0 Å². The Morgan fingerprint density at radius 3 is 2.43 bits per heavy atom. The lowest BCUT2D eigenvalue weighted by Crippen LogP contribution is -2.37. The van der Waals surface area contributed by atoms with Gasteiger partial charge >= 0.3 is 0 Å². The molecule has 3 aromatic rings. The van der Waals surface area contributed by atoms with Crippen LogP contribution in [0.2, 0.25) is 0 Å². The van der Waals surface area contributed by atoms with Gasteiger partial charge in [-0.3, -0.25) is 4.79 Å². The van der Waals surface area contributed by atoms with Crippen molar-refractivity contribution in [3.05, 3.63) is 45.9 Å². The van der Waals surface area contributed by atoms with Gasteiger partial charge in [-0.1, -0.05) is 6.92 Å². The summed E-state index contributed by atoms with van der Waals surface area (Å²) in [7, 11) is 0. The first kappa shape index (κ1) is 18.9. The van der Waals surface area contributed by atoms with Crippen molar-refractivity contribution < 1.29 is 9.21 Å². The highest BCUT2D eigenvalue weighted by atomic mass is 79.9. The Morgan fingerprint density at radius 2 is 1.82 bits per heavy atom. The van der Waals surface area contributed by atoms with E-state index in [0.717, 1.165) is 41.8 Å². The Hall–Kier alpha value is -2.48. The van der Waals surface area contributed by atoms with E-state index in [-0.39, 0.29) is 5.91 Å². The van der Waals surface area contributed by atoms with Gasteiger partial charge in [0, 0.05) is 25.6 Å². The first-order valence-electron chi connectivity index (χ1n) is 9.39. The summed E-state index contributed by atoms with van der Waals surface area (Å²) in [6, 6.07) is 7.55. The van der Waals surface area contributed by atoms with Crippen molar-refractivity contribution in [2.45, 2.75) is 33.6 Å². The van der Waals surface area contributed by atoms with Crippen molar-refractivity contribution >= 4 is 21.8 Å². The van der Waals surface area contributed by atoms with Crippen molar-refractivity contribution in [1.29, 1.82) is 0 Å². The van der Waals surface area contributed by atoms with E-state index >= 15 is 0 Å². The quantitative estimate of drug-likeness (QED) is 0.606. The Labute approximate surface area is 171 Å². The van der Waals surface area contributed by atoms with Gasteiger partial charge in [-0.25, -0.2) is 4.68 Å². The van der Waals surface area contributed by atoms with Crippen LogP contribution in [-0.4, -0.2) is 43.9 Å². The second-order valence-electron chi connectivity index (χ2n) is 7.31. The highest BCUT2D eigenvalue weighted by molar-refractivity contribution is 9.10. The largest absolute Gasteiger partial charge is 0.420 e. The van der Waals surface area contributed by atoms with Crippen LogP contribution in [0.25, 0.3) is 17.3 Å². The van der Waals surface area contributed by atoms with E-state index in [9.17, 15) is 4.79 Å². The van der Waals surface area contributed by atoms with Crippen molar-refractivity contribution in [3.63, 3.8) is 0 Å². The molecule has 0 unspecified atom stereocenters. The number of hydrogen-bond acceptors (Lipinski definition) is 5. The minimum absolute atomic E-state index is 0.0961. The molecule has 146 valence electrons. The molecule has 7 nitrogen and oxygen atoms in total. The molecular weight excluding hydrogens is 422 g/mol. The van der Waals surface area contributed by atoms with Gasteiger partial charge in [0.15, 0.2) is 5.69 Å². The molecule has 4 rings (SSSR count). The maximum absolute atomic E-state index is 12.7. The van der Waals surface area contributed by atoms with E-state index in [1.165, 1.54) is 0 Å². The van der Waals surface area contributed by atoms with Crippen LogP contribution in [0.15, 0.2) is 33.2 Å². The zero-order valence-corrected chi connectivity index (χ0v) is 17.7. The van der Waals surface area contributed by atoms with Crippen molar-refractivity contribution in [1.82, 2.24) is 24.9 Å². The third-order valence-electron chi connectivity index (χ3n) is 5.20. The van der Waals surface area contributed by atoms with E-state index in [1.807, 2.05) is 36.1 Å². The minimum Gasteiger partial charge on any atom is -0.420 e. The molecule has 0 radical (unpaired) electrons. The first-order valence-corrected chi connectivity index (χ1v) is 10.2. The summed E-state index contributed by atoms with van der Waals surface area (Å²) >= 11 is 3.57. The molecule has 0 saturated carbocycles. The molecule has 28 heavy (non-hydrogen) atoms. The number of carbonyl (C=O) groups is 1. The summed E-state index contributed by atoms with van der Waals surface area (Å²) in [6.45, 7) is 7.61. The maximum Gasteiger partial charge on any atom is 0.269 e. The van der Waals surface area contributed by atoms with Crippen molar-refractivity contribution in [2.24, 2.45) is 5.92 Å². The molecule has 0 aliphatic carbocycles. The van der Waals surface area contributed by atoms with E-state index in [2.05, 4.69) is 38.1 Å². The number of hydrogen-bond donors (Lipinski definition) is 0. The molecule has 1 amide bonds. The number of nitrogens with zero attached hydrogens (tertiary/aromatic N) is 5. The van der Waals surface area contributed by atoms with Crippen LogP contribution in [0.5, 0.6) is 0 Å². The molecule has 8 heteroatoms. The van der Waals surface area contributed by atoms with Gasteiger partial charge in [-0.05, 0) is 65.9 Å². The Balaban J connectivity index is 1.58. The zero-order chi connectivity index (χ0) is 19.8. The van der Waals surface area contributed by atoms with Gasteiger partial charge in [0.2, 0.25) is 5.89 Å². The summed E-state index contributed by atoms with van der Waals surface area (Å²) in [5, 5.41) is 12.5. The van der Waals surface area contributed by atoms with Gasteiger partial charge in [0.1, 0.15) is 0 Å². The molecule has 1 fully saturated rings. The maximum atomic E-state index is 12.7. The second kappa shape index (κ2) is 7.50. The summed E-state index contributed by atoms with van der Waals surface area (Å²) in [5.41, 5.74) is 3.08. The number of benzene rings is 1. The van der Waals surface area contributed by atoms with Crippen LogP contribution in [0, 0.1) is 19.8 Å². The molecule has 1 saturated heterocycles. The predicted molar refractivity (Wildman–Crippen MR) is 108 cm³/mol. The highest BCUT2D eigenvalue weighted by Gasteiger charge is 2.22. The van der Waals surface area contributed by atoms with E-state index in [4.69, 9.17) is 4.42 Å². The number of aryl methyl sites for hydroxylation is 1. The standard InChI is InChI=1S/C20H22BrN5O2/c1-12-8-10-25(11-9-12)20(27)15-4-6-16(7-5-15)26-13(2)17(21)18(24-26)19-23-22-14(3)28-19/h4-7,12H,8-11H2,1-3H3. The van der Waals surface area contributed by atoms with E-state index in [1.54, 1.807) is 11.6 Å². The van der Waals surface area contributed by atoms with Crippen LogP contribution >= 0.6 is 15.9 Å². The SMILES string of the molecule is Cc1nnc(-c2nn(-c3ccc(C(=O)N4CCC(C)CC4)cc3)c(C)c2Br)o1. The molecule has 1 aromatic carbocycles. The summed E-state index contributed by atoms with van der Waals surface area (Å²) in [4.78, 5) is 14.7. The van der Waals surface area contributed by atoms with Crippen LogP contribution in [0.1, 0.15) is 41.7 Å². The lowest BCUT2D eigenvalue weighted by Gasteiger charge is -2.30. The van der Waals surface area contributed by atoms with Crippen molar-refractivity contribution in [2.75, 3.05) is 13.1 Å². The molecule has 1 aliphatic rings. The molecule has 2 aromatic heterocycles. The van der Waals surface area contributed by atoms with Gasteiger partial charge in [-0.15, -0.1) is 10.2 Å². The third-order valence-corrected chi connectivity index (χ3v) is 6.15. The molecular formula is C20H22BrN5O2. The third kappa shape index (κ3) is 3.48. The van der Waals surface area contributed by atoms with Gasteiger partial charge in [0.25, 0.3) is 11.8 Å². The van der Waals surface area contributed by atoms with Crippen LogP contribution in [0.3, 0.4) is 0 Å². The Bertz CT molecular complexity index is 1000.